The maximum atomic E-state index is 13.1. The van der Waals surface area contributed by atoms with E-state index in [4.69, 9.17) is 11.6 Å². The number of rotatable bonds is 5. The number of halogens is 2. The number of nitrogens with zero attached hydrogens (tertiary/aromatic N) is 3. The maximum absolute atomic E-state index is 13.1. The summed E-state index contributed by atoms with van der Waals surface area (Å²) in [6.07, 6.45) is 0. The van der Waals surface area contributed by atoms with Crippen LogP contribution in [0.15, 0.2) is 84.0 Å². The standard InChI is InChI=1S/C21H15ClFN3S/c22-17-10-8-16(9-11-17)20-24-25-21(26(20)19-4-2-1-3-5-19)27-14-15-6-12-18(23)13-7-15/h1-13H,14H2. The van der Waals surface area contributed by atoms with E-state index in [0.29, 0.717) is 10.8 Å². The van der Waals surface area contributed by atoms with Crippen LogP contribution in [-0.4, -0.2) is 14.8 Å². The molecule has 1 aromatic heterocycles. The first-order chi connectivity index (χ1) is 13.2. The van der Waals surface area contributed by atoms with Crippen LogP contribution in [0, 0.1) is 5.82 Å². The molecular weight excluding hydrogens is 381 g/mol. The van der Waals surface area contributed by atoms with Crippen molar-refractivity contribution in [1.82, 2.24) is 14.8 Å². The molecule has 3 aromatic carbocycles. The van der Waals surface area contributed by atoms with Crippen molar-refractivity contribution >= 4 is 23.4 Å². The van der Waals surface area contributed by atoms with Crippen LogP contribution < -0.4 is 0 Å². The van der Waals surface area contributed by atoms with Crippen molar-refractivity contribution in [2.24, 2.45) is 0 Å². The minimum absolute atomic E-state index is 0.235. The van der Waals surface area contributed by atoms with Crippen molar-refractivity contribution in [2.75, 3.05) is 0 Å². The van der Waals surface area contributed by atoms with Gasteiger partial charge in [0.15, 0.2) is 11.0 Å². The second-order valence-electron chi connectivity index (χ2n) is 5.90. The molecule has 0 radical (unpaired) electrons. The van der Waals surface area contributed by atoms with Gasteiger partial charge in [0.25, 0.3) is 0 Å². The molecule has 0 bridgehead atoms. The minimum Gasteiger partial charge on any atom is -0.270 e. The van der Waals surface area contributed by atoms with Gasteiger partial charge in [0.2, 0.25) is 0 Å². The highest BCUT2D eigenvalue weighted by Crippen LogP contribution is 2.30. The van der Waals surface area contributed by atoms with Crippen LogP contribution in [0.5, 0.6) is 0 Å². The van der Waals surface area contributed by atoms with Crippen molar-refractivity contribution in [2.45, 2.75) is 10.9 Å². The highest BCUT2D eigenvalue weighted by Gasteiger charge is 2.16. The fourth-order valence-corrected chi connectivity index (χ4v) is 3.72. The van der Waals surface area contributed by atoms with Gasteiger partial charge >= 0.3 is 0 Å². The summed E-state index contributed by atoms with van der Waals surface area (Å²) in [5, 5.41) is 10.3. The van der Waals surface area contributed by atoms with Crippen molar-refractivity contribution in [3.8, 4) is 17.1 Å². The smallest absolute Gasteiger partial charge is 0.196 e. The van der Waals surface area contributed by atoms with E-state index in [-0.39, 0.29) is 5.82 Å². The summed E-state index contributed by atoms with van der Waals surface area (Å²) < 4.78 is 15.1. The lowest BCUT2D eigenvalue weighted by Crippen LogP contribution is -1.99. The molecule has 0 N–H and O–H groups in total. The van der Waals surface area contributed by atoms with E-state index >= 15 is 0 Å². The number of thioether (sulfide) groups is 1. The first-order valence-electron chi connectivity index (χ1n) is 8.35. The molecule has 3 nitrogen and oxygen atoms in total. The predicted molar refractivity (Wildman–Crippen MR) is 108 cm³/mol. The topological polar surface area (TPSA) is 30.7 Å². The Labute approximate surface area is 165 Å². The highest BCUT2D eigenvalue weighted by atomic mass is 35.5. The summed E-state index contributed by atoms with van der Waals surface area (Å²) in [6.45, 7) is 0. The molecule has 0 aliphatic heterocycles. The summed E-state index contributed by atoms with van der Waals surface area (Å²) >= 11 is 7.58. The van der Waals surface area contributed by atoms with Crippen molar-refractivity contribution in [3.63, 3.8) is 0 Å². The number of hydrogen-bond donors (Lipinski definition) is 0. The first kappa shape index (κ1) is 17.8. The third-order valence-electron chi connectivity index (χ3n) is 4.03. The normalized spacial score (nSPS) is 10.9. The molecular formula is C21H15ClFN3S. The zero-order valence-electron chi connectivity index (χ0n) is 14.2. The predicted octanol–water partition coefficient (Wildman–Crippen LogP) is 6.02. The zero-order chi connectivity index (χ0) is 18.6. The molecule has 0 atom stereocenters. The molecule has 6 heteroatoms. The van der Waals surface area contributed by atoms with E-state index in [1.165, 1.54) is 12.1 Å². The van der Waals surface area contributed by atoms with Crippen molar-refractivity contribution in [1.29, 1.82) is 0 Å². The molecule has 0 amide bonds. The zero-order valence-corrected chi connectivity index (χ0v) is 15.8. The SMILES string of the molecule is Fc1ccc(CSc2nnc(-c3ccc(Cl)cc3)n2-c2ccccc2)cc1. The number of para-hydroxylation sites is 1. The Morgan fingerprint density at radius 1 is 0.852 bits per heavy atom. The molecule has 0 aliphatic rings. The van der Waals surface area contributed by atoms with Gasteiger partial charge in [-0.1, -0.05) is 53.7 Å². The summed E-state index contributed by atoms with van der Waals surface area (Å²) in [7, 11) is 0. The molecule has 0 saturated heterocycles. The van der Waals surface area contributed by atoms with Crippen LogP contribution in [0.2, 0.25) is 5.02 Å². The molecule has 0 fully saturated rings. The summed E-state index contributed by atoms with van der Waals surface area (Å²) in [5.74, 6) is 1.19. The van der Waals surface area contributed by atoms with E-state index in [0.717, 1.165) is 27.8 Å². The van der Waals surface area contributed by atoms with Crippen LogP contribution in [0.25, 0.3) is 17.1 Å². The Morgan fingerprint density at radius 3 is 2.26 bits per heavy atom. The fourth-order valence-electron chi connectivity index (χ4n) is 2.69. The van der Waals surface area contributed by atoms with E-state index in [9.17, 15) is 4.39 Å². The van der Waals surface area contributed by atoms with Gasteiger partial charge in [0, 0.05) is 22.0 Å². The first-order valence-corrected chi connectivity index (χ1v) is 9.71. The lowest BCUT2D eigenvalue weighted by atomic mass is 10.2. The van der Waals surface area contributed by atoms with Gasteiger partial charge in [0.05, 0.1) is 0 Å². The molecule has 27 heavy (non-hydrogen) atoms. The van der Waals surface area contributed by atoms with Gasteiger partial charge in [-0.15, -0.1) is 10.2 Å². The maximum Gasteiger partial charge on any atom is 0.196 e. The molecule has 0 aliphatic carbocycles. The largest absolute Gasteiger partial charge is 0.270 e. The second kappa shape index (κ2) is 7.94. The third-order valence-corrected chi connectivity index (χ3v) is 5.28. The molecule has 0 unspecified atom stereocenters. The van der Waals surface area contributed by atoms with Crippen LogP contribution >= 0.6 is 23.4 Å². The average molecular weight is 396 g/mol. The van der Waals surface area contributed by atoms with Crippen LogP contribution in [-0.2, 0) is 5.75 Å². The molecule has 0 spiro atoms. The Morgan fingerprint density at radius 2 is 1.56 bits per heavy atom. The second-order valence-corrected chi connectivity index (χ2v) is 7.28. The van der Waals surface area contributed by atoms with Crippen molar-refractivity contribution < 1.29 is 4.39 Å². The summed E-state index contributed by atoms with van der Waals surface area (Å²) in [6, 6.07) is 24.0. The van der Waals surface area contributed by atoms with Gasteiger partial charge in [-0.25, -0.2) is 4.39 Å². The Hall–Kier alpha value is -2.63. The van der Waals surface area contributed by atoms with Crippen LogP contribution in [0.3, 0.4) is 0 Å². The number of benzene rings is 3. The van der Waals surface area contributed by atoms with Crippen molar-refractivity contribution in [3.05, 3.63) is 95.3 Å². The van der Waals surface area contributed by atoms with Gasteiger partial charge in [-0.3, -0.25) is 4.57 Å². The molecule has 0 saturated carbocycles. The van der Waals surface area contributed by atoms with Gasteiger partial charge < -0.3 is 0 Å². The quantitative estimate of drug-likeness (QED) is 0.387. The van der Waals surface area contributed by atoms with Crippen LogP contribution in [0.1, 0.15) is 5.56 Å². The molecule has 4 rings (SSSR count). The number of aromatic nitrogens is 3. The molecule has 134 valence electrons. The average Bonchev–Trinajstić information content (AvgIpc) is 3.13. The van der Waals surface area contributed by atoms with E-state index in [2.05, 4.69) is 10.2 Å². The minimum atomic E-state index is -0.235. The van der Waals surface area contributed by atoms with E-state index in [1.54, 1.807) is 23.9 Å². The lowest BCUT2D eigenvalue weighted by molar-refractivity contribution is 0.627. The Bertz CT molecular complexity index is 1030. The van der Waals surface area contributed by atoms with E-state index in [1.807, 2.05) is 59.2 Å². The molecule has 1 heterocycles. The summed E-state index contributed by atoms with van der Waals surface area (Å²) in [4.78, 5) is 0. The van der Waals surface area contributed by atoms with Gasteiger partial charge in [0.1, 0.15) is 5.82 Å². The van der Waals surface area contributed by atoms with Crippen LogP contribution in [0.4, 0.5) is 4.39 Å². The Kier molecular flexibility index (Phi) is 5.23. The molecule has 4 aromatic rings. The fraction of sp³-hybridized carbons (Fsp3) is 0.0476. The van der Waals surface area contributed by atoms with Gasteiger partial charge in [-0.2, -0.15) is 0 Å². The highest BCUT2D eigenvalue weighted by molar-refractivity contribution is 7.98. The number of hydrogen-bond acceptors (Lipinski definition) is 3. The third kappa shape index (κ3) is 4.04. The summed E-state index contributed by atoms with van der Waals surface area (Å²) in [5.41, 5.74) is 2.94. The van der Waals surface area contributed by atoms with Gasteiger partial charge in [-0.05, 0) is 54.1 Å². The Balaban J connectivity index is 1.71. The monoisotopic (exact) mass is 395 g/mol. The van der Waals surface area contributed by atoms with E-state index < -0.39 is 0 Å². The lowest BCUT2D eigenvalue weighted by Gasteiger charge is -2.10.